The minimum Gasteiger partial charge on any atom is -0.317 e. The van der Waals surface area contributed by atoms with E-state index in [2.05, 4.69) is 21.2 Å². The van der Waals surface area contributed by atoms with E-state index in [-0.39, 0.29) is 1.43 Å². The molecule has 1 fully saturated rings. The van der Waals surface area contributed by atoms with E-state index >= 15 is 0 Å². The van der Waals surface area contributed by atoms with Crippen molar-refractivity contribution < 1.29 is 1.43 Å². The van der Waals surface area contributed by atoms with Crippen LogP contribution in [0.5, 0.6) is 0 Å². The summed E-state index contributed by atoms with van der Waals surface area (Å²) in [5.74, 6) is 1.81. The Hall–Kier alpha value is 0.440. The highest BCUT2D eigenvalue weighted by atomic mass is 79.9. The molecule has 0 aliphatic carbocycles. The van der Waals surface area contributed by atoms with Crippen LogP contribution in [0.1, 0.15) is 14.3 Å². The van der Waals surface area contributed by atoms with Crippen molar-refractivity contribution in [2.45, 2.75) is 12.8 Å². The third-order valence-corrected chi connectivity index (χ3v) is 0.957. The van der Waals surface area contributed by atoms with E-state index in [1.807, 2.05) is 5.83 Å². The van der Waals surface area contributed by atoms with Crippen molar-refractivity contribution in [3.63, 3.8) is 0 Å². The number of rotatable bonds is 0. The molecule has 1 saturated heterocycles. The maximum absolute atomic E-state index is 3.22. The largest absolute Gasteiger partial charge is 1.00 e. The quantitative estimate of drug-likeness (QED) is 0.539. The Morgan fingerprint density at radius 1 is 1.29 bits per heavy atom. The van der Waals surface area contributed by atoms with Crippen molar-refractivity contribution in [2.75, 3.05) is 18.9 Å². The van der Waals surface area contributed by atoms with E-state index < -0.39 is 0 Å². The molecule has 0 saturated carbocycles. The third kappa shape index (κ3) is 4.29. The van der Waals surface area contributed by atoms with E-state index in [0.29, 0.717) is 0 Å². The average Bonchev–Trinajstić information content (AvgIpc) is 2.23. The monoisotopic (exact) mass is 166 g/mol. The van der Waals surface area contributed by atoms with Gasteiger partial charge in [-0.15, -0.1) is 0 Å². The second-order valence-corrected chi connectivity index (χ2v) is 1.46. The van der Waals surface area contributed by atoms with Gasteiger partial charge in [-0.3, -0.25) is 0 Å². The van der Waals surface area contributed by atoms with Gasteiger partial charge in [-0.05, 0) is 31.8 Å². The zero-order valence-electron chi connectivity index (χ0n) is 5.71. The number of alkyl halides is 1. The van der Waals surface area contributed by atoms with Gasteiger partial charge in [0, 0.05) is 0 Å². The summed E-state index contributed by atoms with van der Waals surface area (Å²) in [6.45, 7) is 2.50. The van der Waals surface area contributed by atoms with Crippen LogP contribution in [0.2, 0.25) is 0 Å². The van der Waals surface area contributed by atoms with Gasteiger partial charge >= 0.3 is 1.43 Å². The van der Waals surface area contributed by atoms with Crippen LogP contribution in [-0.4, -0.2) is 18.9 Å². The van der Waals surface area contributed by atoms with Gasteiger partial charge in [0.2, 0.25) is 0 Å². The zero-order valence-corrected chi connectivity index (χ0v) is 6.29. The second kappa shape index (κ2) is 6.44. The Morgan fingerprint density at radius 2 is 1.71 bits per heavy atom. The molecule has 1 heterocycles. The molecular formula is C5H13BrN+. The summed E-state index contributed by atoms with van der Waals surface area (Å²) in [5.41, 5.74) is 0. The van der Waals surface area contributed by atoms with Crippen LogP contribution in [0.25, 0.3) is 0 Å². The second-order valence-electron chi connectivity index (χ2n) is 1.46. The van der Waals surface area contributed by atoms with Gasteiger partial charge in [0.25, 0.3) is 0 Å². The van der Waals surface area contributed by atoms with Crippen molar-refractivity contribution in [3.05, 3.63) is 0 Å². The summed E-state index contributed by atoms with van der Waals surface area (Å²) in [6.07, 6.45) is 2.78. The summed E-state index contributed by atoms with van der Waals surface area (Å²) in [7, 11) is 0. The maximum atomic E-state index is 3.22. The van der Waals surface area contributed by atoms with E-state index in [1.54, 1.807) is 0 Å². The Labute approximate surface area is 55.1 Å². The van der Waals surface area contributed by atoms with Gasteiger partial charge in [-0.2, -0.15) is 0 Å². The molecule has 0 spiro atoms. The van der Waals surface area contributed by atoms with Crippen molar-refractivity contribution in [2.24, 2.45) is 0 Å². The molecule has 0 aromatic carbocycles. The van der Waals surface area contributed by atoms with Crippen LogP contribution in [0.4, 0.5) is 0 Å². The Balaban J connectivity index is 0. The van der Waals surface area contributed by atoms with Gasteiger partial charge in [-0.25, -0.2) is 0 Å². The highest BCUT2D eigenvalue weighted by Crippen LogP contribution is 1.90. The van der Waals surface area contributed by atoms with Crippen LogP contribution < -0.4 is 5.32 Å². The van der Waals surface area contributed by atoms with Gasteiger partial charge in [0.05, 0.1) is 0 Å². The maximum Gasteiger partial charge on any atom is 1.00 e. The molecule has 1 aliphatic rings. The summed E-state index contributed by atoms with van der Waals surface area (Å²) in [4.78, 5) is 0. The fraction of sp³-hybridized carbons (Fsp3) is 1.00. The normalized spacial score (nSPS) is 18.0. The van der Waals surface area contributed by atoms with Crippen molar-refractivity contribution >= 4 is 15.9 Å². The Kier molecular flexibility index (Phi) is 6.84. The molecule has 0 atom stereocenters. The number of nitrogens with one attached hydrogen (secondary N) is 1. The molecular weight excluding hydrogens is 154 g/mol. The van der Waals surface area contributed by atoms with Crippen molar-refractivity contribution in [1.29, 1.82) is 0 Å². The molecule has 1 N–H and O–H groups in total. The van der Waals surface area contributed by atoms with Crippen LogP contribution in [-0.2, 0) is 0 Å². The van der Waals surface area contributed by atoms with Crippen LogP contribution >= 0.6 is 15.9 Å². The fourth-order valence-corrected chi connectivity index (χ4v) is 0.625. The lowest BCUT2D eigenvalue weighted by Gasteiger charge is -1.76. The summed E-state index contributed by atoms with van der Waals surface area (Å²) in [5, 5.41) is 3.22. The van der Waals surface area contributed by atoms with Crippen LogP contribution in [0.3, 0.4) is 0 Å². The van der Waals surface area contributed by atoms with Gasteiger partial charge in [0.15, 0.2) is 0 Å². The molecule has 1 rings (SSSR count). The first-order valence-electron chi connectivity index (χ1n) is 2.59. The molecule has 44 valence electrons. The van der Waals surface area contributed by atoms with E-state index in [0.717, 1.165) is 0 Å². The number of hydrogen-bond donors (Lipinski definition) is 1. The van der Waals surface area contributed by atoms with Gasteiger partial charge in [-0.1, -0.05) is 15.9 Å². The molecule has 1 aliphatic heterocycles. The minimum atomic E-state index is 0. The lowest BCUT2D eigenvalue weighted by atomic mass is 10.4. The first kappa shape index (κ1) is 7.44. The van der Waals surface area contributed by atoms with E-state index in [4.69, 9.17) is 0 Å². The molecule has 0 aromatic heterocycles. The Bertz CT molecular complexity index is 24.0. The molecule has 0 aromatic rings. The van der Waals surface area contributed by atoms with Crippen LogP contribution in [0, 0.1) is 0 Å². The smallest absolute Gasteiger partial charge is 0.317 e. The summed E-state index contributed by atoms with van der Waals surface area (Å²) >= 11 is 2.94. The highest BCUT2D eigenvalue weighted by molar-refractivity contribution is 9.08. The SMILES string of the molecule is C1CCNC1.CBr.[H+]. The van der Waals surface area contributed by atoms with Gasteiger partial charge in [0.1, 0.15) is 0 Å². The standard InChI is InChI=1S/C4H9N.CH3Br/c1-2-4-5-3-1;1-2/h5H,1-4H2;1H3/p+1. The molecule has 0 bridgehead atoms. The first-order valence-corrected chi connectivity index (χ1v) is 4.17. The topological polar surface area (TPSA) is 12.0 Å². The average molecular weight is 167 g/mol. The zero-order chi connectivity index (χ0) is 5.54. The van der Waals surface area contributed by atoms with Gasteiger partial charge < -0.3 is 5.32 Å². The molecule has 2 heteroatoms. The predicted molar refractivity (Wildman–Crippen MR) is 38.1 cm³/mol. The Morgan fingerprint density at radius 3 is 1.86 bits per heavy atom. The predicted octanol–water partition coefficient (Wildman–Crippen LogP) is 1.49. The number of hydrogen-bond acceptors (Lipinski definition) is 1. The van der Waals surface area contributed by atoms with Crippen molar-refractivity contribution in [3.8, 4) is 0 Å². The molecule has 0 amide bonds. The van der Waals surface area contributed by atoms with E-state index in [9.17, 15) is 0 Å². The molecule has 7 heavy (non-hydrogen) atoms. The minimum absolute atomic E-state index is 0. The lowest BCUT2D eigenvalue weighted by molar-refractivity contribution is 0.857. The highest BCUT2D eigenvalue weighted by Gasteiger charge is 1.93. The van der Waals surface area contributed by atoms with Crippen LogP contribution in [0.15, 0.2) is 0 Å². The molecule has 0 radical (unpaired) electrons. The molecule has 1 nitrogen and oxygen atoms in total. The number of halogens is 1. The van der Waals surface area contributed by atoms with E-state index in [1.165, 1.54) is 25.9 Å². The lowest BCUT2D eigenvalue weighted by Crippen LogP contribution is -2.03. The summed E-state index contributed by atoms with van der Waals surface area (Å²) < 4.78 is 0. The molecule has 0 unspecified atom stereocenters. The summed E-state index contributed by atoms with van der Waals surface area (Å²) in [6, 6.07) is 0. The third-order valence-electron chi connectivity index (χ3n) is 0.957. The van der Waals surface area contributed by atoms with Crippen molar-refractivity contribution in [1.82, 2.24) is 5.32 Å². The first-order chi connectivity index (χ1) is 3.50. The fourth-order valence-electron chi connectivity index (χ4n) is 0.625.